The second-order valence-electron chi connectivity index (χ2n) is 17.5. The molecule has 1 atom stereocenters. The topological polar surface area (TPSA) is 61.8 Å². The molecule has 0 aliphatic carbocycles. The van der Waals surface area contributed by atoms with E-state index in [-0.39, 0.29) is 18.5 Å². The minimum atomic E-state index is -0.521. The van der Waals surface area contributed by atoms with Crippen LogP contribution in [0.3, 0.4) is 0 Å². The molecule has 56 heavy (non-hydrogen) atoms. The Morgan fingerprint density at radius 3 is 0.911 bits per heavy atom. The Hall–Kier alpha value is -1.10. The van der Waals surface area contributed by atoms with Crippen LogP contribution in [-0.2, 0) is 23.8 Å². The molecule has 0 heterocycles. The molecule has 0 amide bonds. The van der Waals surface area contributed by atoms with Crippen molar-refractivity contribution in [2.45, 2.75) is 297 Å². The van der Waals surface area contributed by atoms with Crippen LogP contribution in [0.1, 0.15) is 290 Å². The van der Waals surface area contributed by atoms with Crippen LogP contribution in [0.15, 0.2) is 0 Å². The van der Waals surface area contributed by atoms with Crippen molar-refractivity contribution >= 4 is 11.9 Å². The van der Waals surface area contributed by atoms with E-state index in [2.05, 4.69) is 20.8 Å². The van der Waals surface area contributed by atoms with Gasteiger partial charge in [-0.3, -0.25) is 9.59 Å². The zero-order valence-corrected chi connectivity index (χ0v) is 38.4. The molecule has 0 aromatic carbocycles. The molecule has 5 nitrogen and oxygen atoms in total. The summed E-state index contributed by atoms with van der Waals surface area (Å²) >= 11 is 0. The van der Waals surface area contributed by atoms with Crippen molar-refractivity contribution in [1.29, 1.82) is 0 Å². The van der Waals surface area contributed by atoms with Crippen molar-refractivity contribution in [1.82, 2.24) is 0 Å². The van der Waals surface area contributed by atoms with Gasteiger partial charge in [-0.1, -0.05) is 258 Å². The van der Waals surface area contributed by atoms with Crippen LogP contribution in [0.25, 0.3) is 0 Å². The lowest BCUT2D eigenvalue weighted by Gasteiger charge is -2.18. The average molecular weight is 793 g/mol. The third-order valence-corrected chi connectivity index (χ3v) is 11.6. The highest BCUT2D eigenvalue weighted by Crippen LogP contribution is 2.16. The molecule has 1 unspecified atom stereocenters. The zero-order valence-electron chi connectivity index (χ0n) is 38.4. The summed E-state index contributed by atoms with van der Waals surface area (Å²) in [5, 5.41) is 0. The van der Waals surface area contributed by atoms with E-state index in [0.717, 1.165) is 32.1 Å². The van der Waals surface area contributed by atoms with Gasteiger partial charge in [-0.25, -0.2) is 0 Å². The monoisotopic (exact) mass is 793 g/mol. The van der Waals surface area contributed by atoms with Gasteiger partial charge in [-0.05, 0) is 19.3 Å². The van der Waals surface area contributed by atoms with Crippen LogP contribution in [0.5, 0.6) is 0 Å². The van der Waals surface area contributed by atoms with Crippen molar-refractivity contribution in [2.24, 2.45) is 0 Å². The zero-order chi connectivity index (χ0) is 40.7. The normalized spacial score (nSPS) is 12.0. The first kappa shape index (κ1) is 54.9. The predicted molar refractivity (Wildman–Crippen MR) is 243 cm³/mol. The van der Waals surface area contributed by atoms with Gasteiger partial charge in [0.2, 0.25) is 0 Å². The standard InChI is InChI=1S/C51H100O5/c1-4-7-10-13-16-19-22-25-26-28-29-32-35-38-41-44-50(52)55-48-49(47-54-46-43-40-37-34-31-24-21-18-15-12-9-6-3)56-51(53)45-42-39-36-33-30-27-23-20-17-14-11-8-5-2/h49H,4-48H2,1-3H3. The quantitative estimate of drug-likeness (QED) is 0.0454. The third-order valence-electron chi connectivity index (χ3n) is 11.6. The second-order valence-corrected chi connectivity index (χ2v) is 17.5. The number of esters is 2. The van der Waals surface area contributed by atoms with E-state index in [1.54, 1.807) is 0 Å². The lowest BCUT2D eigenvalue weighted by atomic mass is 10.0. The molecule has 0 saturated carbocycles. The first-order chi connectivity index (χ1) is 27.6. The number of unbranched alkanes of at least 4 members (excludes halogenated alkanes) is 37. The molecule has 0 aliphatic rings. The van der Waals surface area contributed by atoms with Crippen LogP contribution in [0.4, 0.5) is 0 Å². The van der Waals surface area contributed by atoms with Crippen LogP contribution in [-0.4, -0.2) is 37.9 Å². The summed E-state index contributed by atoms with van der Waals surface area (Å²) in [5.41, 5.74) is 0. The van der Waals surface area contributed by atoms with Gasteiger partial charge in [0, 0.05) is 19.4 Å². The average Bonchev–Trinajstić information content (AvgIpc) is 3.20. The molecule has 0 aromatic heterocycles. The minimum Gasteiger partial charge on any atom is -0.462 e. The third kappa shape index (κ3) is 45.6. The van der Waals surface area contributed by atoms with E-state index in [1.165, 1.54) is 225 Å². The lowest BCUT2D eigenvalue weighted by molar-refractivity contribution is -0.163. The van der Waals surface area contributed by atoms with Crippen molar-refractivity contribution < 1.29 is 23.8 Å². The molecule has 334 valence electrons. The van der Waals surface area contributed by atoms with Crippen LogP contribution < -0.4 is 0 Å². The van der Waals surface area contributed by atoms with Gasteiger partial charge >= 0.3 is 11.9 Å². The fraction of sp³-hybridized carbons (Fsp3) is 0.961. The molecule has 0 fully saturated rings. The molecule has 0 aromatic rings. The Balaban J connectivity index is 4.17. The van der Waals surface area contributed by atoms with Crippen LogP contribution in [0, 0.1) is 0 Å². The number of rotatable bonds is 48. The lowest BCUT2D eigenvalue weighted by Crippen LogP contribution is -2.30. The van der Waals surface area contributed by atoms with Crippen molar-refractivity contribution in [2.75, 3.05) is 19.8 Å². The molecule has 0 bridgehead atoms. The highest BCUT2D eigenvalue weighted by Gasteiger charge is 2.17. The van der Waals surface area contributed by atoms with Crippen molar-refractivity contribution in [3.8, 4) is 0 Å². The van der Waals surface area contributed by atoms with Crippen LogP contribution >= 0.6 is 0 Å². The summed E-state index contributed by atoms with van der Waals surface area (Å²) in [4.78, 5) is 25.3. The maximum Gasteiger partial charge on any atom is 0.306 e. The van der Waals surface area contributed by atoms with E-state index in [4.69, 9.17) is 14.2 Å². The van der Waals surface area contributed by atoms with Gasteiger partial charge in [-0.2, -0.15) is 0 Å². The van der Waals surface area contributed by atoms with Crippen LogP contribution in [0.2, 0.25) is 0 Å². The maximum absolute atomic E-state index is 12.8. The molecule has 5 heteroatoms. The van der Waals surface area contributed by atoms with Crippen molar-refractivity contribution in [3.05, 3.63) is 0 Å². The first-order valence-electron chi connectivity index (χ1n) is 25.6. The van der Waals surface area contributed by atoms with E-state index in [9.17, 15) is 9.59 Å². The SMILES string of the molecule is CCCCCCCCCCCCCCCCCC(=O)OCC(COCCCCCCCCCCCCCC)OC(=O)CCCCCCCCCCCCCCC. The van der Waals surface area contributed by atoms with Gasteiger partial charge < -0.3 is 14.2 Å². The van der Waals surface area contributed by atoms with Gasteiger partial charge in [0.25, 0.3) is 0 Å². The molecule has 0 rings (SSSR count). The molecule has 0 N–H and O–H groups in total. The summed E-state index contributed by atoms with van der Waals surface area (Å²) < 4.78 is 17.4. The Morgan fingerprint density at radius 2 is 0.589 bits per heavy atom. The number of carbonyl (C=O) groups is 2. The highest BCUT2D eigenvalue weighted by molar-refractivity contribution is 5.70. The predicted octanol–water partition coefficient (Wildman–Crippen LogP) is 16.9. The fourth-order valence-electron chi connectivity index (χ4n) is 7.81. The molecule has 0 saturated heterocycles. The smallest absolute Gasteiger partial charge is 0.306 e. The Morgan fingerprint density at radius 1 is 0.321 bits per heavy atom. The first-order valence-corrected chi connectivity index (χ1v) is 25.6. The summed E-state index contributed by atoms with van der Waals surface area (Å²) in [7, 11) is 0. The molecular formula is C51H100O5. The molecule has 0 aliphatic heterocycles. The molecule has 0 spiro atoms. The second kappa shape index (κ2) is 48.3. The maximum atomic E-state index is 12.8. The fourth-order valence-corrected chi connectivity index (χ4v) is 7.81. The van der Waals surface area contributed by atoms with E-state index in [0.29, 0.717) is 26.1 Å². The van der Waals surface area contributed by atoms with Crippen molar-refractivity contribution in [3.63, 3.8) is 0 Å². The highest BCUT2D eigenvalue weighted by atomic mass is 16.6. The number of carbonyl (C=O) groups excluding carboxylic acids is 2. The molecular weight excluding hydrogens is 693 g/mol. The summed E-state index contributed by atoms with van der Waals surface area (Å²) in [6.07, 6.45) is 52.4. The van der Waals surface area contributed by atoms with Gasteiger partial charge in [0.15, 0.2) is 6.10 Å². The van der Waals surface area contributed by atoms with Gasteiger partial charge in [-0.15, -0.1) is 0 Å². The van der Waals surface area contributed by atoms with E-state index in [1.807, 2.05) is 0 Å². The van der Waals surface area contributed by atoms with Gasteiger partial charge in [0.1, 0.15) is 6.61 Å². The number of ether oxygens (including phenoxy) is 3. The summed E-state index contributed by atoms with van der Waals surface area (Å²) in [6, 6.07) is 0. The Labute approximate surface area is 351 Å². The Kier molecular flexibility index (Phi) is 47.3. The molecule has 0 radical (unpaired) electrons. The minimum absolute atomic E-state index is 0.0976. The summed E-state index contributed by atoms with van der Waals surface area (Å²) in [6.45, 7) is 7.90. The largest absolute Gasteiger partial charge is 0.462 e. The van der Waals surface area contributed by atoms with E-state index < -0.39 is 6.10 Å². The Bertz CT molecular complexity index is 769. The summed E-state index contributed by atoms with van der Waals surface area (Å²) in [5.74, 6) is -0.372. The number of hydrogen-bond acceptors (Lipinski definition) is 5. The number of hydrogen-bond donors (Lipinski definition) is 0. The van der Waals surface area contributed by atoms with Gasteiger partial charge in [0.05, 0.1) is 6.61 Å². The van der Waals surface area contributed by atoms with E-state index >= 15 is 0 Å².